The molecule has 2 rings (SSSR count). The number of aromatic amines is 1. The van der Waals surface area contributed by atoms with Gasteiger partial charge in [-0.2, -0.15) is 0 Å². The smallest absolute Gasteiger partial charge is 0.149 e. The van der Waals surface area contributed by atoms with Crippen molar-refractivity contribution in [3.63, 3.8) is 0 Å². The second-order valence-corrected chi connectivity index (χ2v) is 3.31. The van der Waals surface area contributed by atoms with Crippen molar-refractivity contribution in [1.82, 2.24) is 15.0 Å². The molecule has 78 valence electrons. The van der Waals surface area contributed by atoms with E-state index < -0.39 is 0 Å². The van der Waals surface area contributed by atoms with Gasteiger partial charge in [-0.1, -0.05) is 0 Å². The van der Waals surface area contributed by atoms with Gasteiger partial charge in [-0.25, -0.2) is 9.97 Å². The summed E-state index contributed by atoms with van der Waals surface area (Å²) in [6.07, 6.45) is 3.55. The van der Waals surface area contributed by atoms with Gasteiger partial charge in [0.1, 0.15) is 17.5 Å². The third-order valence-electron chi connectivity index (χ3n) is 2.10. The van der Waals surface area contributed by atoms with E-state index in [2.05, 4.69) is 15.0 Å². The summed E-state index contributed by atoms with van der Waals surface area (Å²) < 4.78 is 0. The van der Waals surface area contributed by atoms with Crippen LogP contribution in [0.5, 0.6) is 0 Å². The minimum Gasteiger partial charge on any atom is -0.384 e. The van der Waals surface area contributed by atoms with E-state index in [4.69, 9.17) is 5.73 Å². The molecule has 0 aliphatic rings. The van der Waals surface area contributed by atoms with Crippen LogP contribution in [0.25, 0.3) is 0 Å². The first-order valence-electron chi connectivity index (χ1n) is 4.67. The SMILES string of the molecule is CN(Cc1nccc(N)n1)c1ccc[nH]1. The molecule has 0 radical (unpaired) electrons. The summed E-state index contributed by atoms with van der Waals surface area (Å²) in [6, 6.07) is 5.62. The zero-order valence-corrected chi connectivity index (χ0v) is 8.51. The average molecular weight is 203 g/mol. The molecule has 5 nitrogen and oxygen atoms in total. The number of aromatic nitrogens is 3. The number of nitrogens with zero attached hydrogens (tertiary/aromatic N) is 3. The van der Waals surface area contributed by atoms with E-state index in [0.29, 0.717) is 18.2 Å². The first kappa shape index (κ1) is 9.51. The Balaban J connectivity index is 2.09. The Morgan fingerprint density at radius 1 is 1.47 bits per heavy atom. The van der Waals surface area contributed by atoms with Gasteiger partial charge in [0.2, 0.25) is 0 Å². The summed E-state index contributed by atoms with van der Waals surface area (Å²) in [6.45, 7) is 0.631. The summed E-state index contributed by atoms with van der Waals surface area (Å²) in [5, 5.41) is 0. The minimum atomic E-state index is 0.500. The molecule has 2 aromatic heterocycles. The first-order valence-corrected chi connectivity index (χ1v) is 4.67. The fraction of sp³-hybridized carbons (Fsp3) is 0.200. The molecule has 2 aromatic rings. The van der Waals surface area contributed by atoms with Crippen molar-refractivity contribution in [2.45, 2.75) is 6.54 Å². The van der Waals surface area contributed by atoms with Crippen molar-refractivity contribution in [3.8, 4) is 0 Å². The number of rotatable bonds is 3. The van der Waals surface area contributed by atoms with Gasteiger partial charge < -0.3 is 15.6 Å². The number of H-pyrrole nitrogens is 1. The van der Waals surface area contributed by atoms with Crippen molar-refractivity contribution in [1.29, 1.82) is 0 Å². The standard InChI is InChI=1S/C10H13N5/c1-15(10-3-2-5-13-10)7-9-12-6-4-8(11)14-9/h2-6,13H,7H2,1H3,(H2,11,12,14). The highest BCUT2D eigenvalue weighted by molar-refractivity contribution is 5.37. The van der Waals surface area contributed by atoms with Crippen LogP contribution in [0, 0.1) is 0 Å². The van der Waals surface area contributed by atoms with Crippen LogP contribution in [-0.4, -0.2) is 22.0 Å². The largest absolute Gasteiger partial charge is 0.384 e. The van der Waals surface area contributed by atoms with Crippen LogP contribution in [0.4, 0.5) is 11.6 Å². The molecule has 0 aliphatic carbocycles. The summed E-state index contributed by atoms with van der Waals surface area (Å²) in [7, 11) is 1.97. The Morgan fingerprint density at radius 3 is 3.00 bits per heavy atom. The number of nitrogens with two attached hydrogens (primary N) is 1. The Kier molecular flexibility index (Phi) is 2.53. The summed E-state index contributed by atoms with van der Waals surface area (Å²) in [4.78, 5) is 13.4. The molecule has 15 heavy (non-hydrogen) atoms. The lowest BCUT2D eigenvalue weighted by Crippen LogP contribution is -2.18. The summed E-state index contributed by atoms with van der Waals surface area (Å²) >= 11 is 0. The predicted molar refractivity (Wildman–Crippen MR) is 59.3 cm³/mol. The maximum absolute atomic E-state index is 5.58. The lowest BCUT2D eigenvalue weighted by atomic mass is 10.4. The van der Waals surface area contributed by atoms with Crippen LogP contribution >= 0.6 is 0 Å². The number of hydrogen-bond donors (Lipinski definition) is 2. The molecule has 0 unspecified atom stereocenters. The third-order valence-corrected chi connectivity index (χ3v) is 2.10. The molecule has 0 saturated carbocycles. The molecule has 0 aliphatic heterocycles. The molecule has 0 amide bonds. The zero-order valence-electron chi connectivity index (χ0n) is 8.51. The maximum Gasteiger partial charge on any atom is 0.149 e. The highest BCUT2D eigenvalue weighted by atomic mass is 15.2. The summed E-state index contributed by atoms with van der Waals surface area (Å²) in [5.41, 5.74) is 5.58. The second kappa shape index (κ2) is 4.00. The molecule has 0 bridgehead atoms. The summed E-state index contributed by atoms with van der Waals surface area (Å²) in [5.74, 6) is 2.24. The highest BCUT2D eigenvalue weighted by Gasteiger charge is 2.04. The van der Waals surface area contributed by atoms with Crippen molar-refractivity contribution in [2.24, 2.45) is 0 Å². The topological polar surface area (TPSA) is 70.8 Å². The van der Waals surface area contributed by atoms with Gasteiger partial charge in [0, 0.05) is 19.4 Å². The van der Waals surface area contributed by atoms with E-state index in [-0.39, 0.29) is 0 Å². The maximum atomic E-state index is 5.58. The Bertz CT molecular complexity index is 423. The van der Waals surface area contributed by atoms with Crippen LogP contribution < -0.4 is 10.6 Å². The molecule has 0 spiro atoms. The van der Waals surface area contributed by atoms with Crippen LogP contribution in [0.15, 0.2) is 30.6 Å². The molecule has 0 saturated heterocycles. The van der Waals surface area contributed by atoms with Crippen molar-refractivity contribution >= 4 is 11.6 Å². The average Bonchev–Trinajstić information content (AvgIpc) is 2.70. The number of nitrogen functional groups attached to an aromatic ring is 1. The van der Waals surface area contributed by atoms with Crippen molar-refractivity contribution in [3.05, 3.63) is 36.4 Å². The monoisotopic (exact) mass is 203 g/mol. The van der Waals surface area contributed by atoms with Gasteiger partial charge >= 0.3 is 0 Å². The third kappa shape index (κ3) is 2.25. The molecule has 3 N–H and O–H groups in total. The molecular formula is C10H13N5. The van der Waals surface area contributed by atoms with Crippen molar-refractivity contribution in [2.75, 3.05) is 17.7 Å². The lowest BCUT2D eigenvalue weighted by Gasteiger charge is -2.15. The Hall–Kier alpha value is -2.04. The fourth-order valence-corrected chi connectivity index (χ4v) is 1.35. The van der Waals surface area contributed by atoms with Gasteiger partial charge in [0.25, 0.3) is 0 Å². The van der Waals surface area contributed by atoms with E-state index in [9.17, 15) is 0 Å². The number of hydrogen-bond acceptors (Lipinski definition) is 4. The van der Waals surface area contributed by atoms with Crippen LogP contribution in [0.2, 0.25) is 0 Å². The van der Waals surface area contributed by atoms with Crippen LogP contribution in [0.1, 0.15) is 5.82 Å². The number of anilines is 2. The Labute approximate surface area is 88.0 Å². The second-order valence-electron chi connectivity index (χ2n) is 3.31. The van der Waals surface area contributed by atoms with Crippen LogP contribution in [-0.2, 0) is 6.54 Å². The molecule has 5 heteroatoms. The predicted octanol–water partition coefficient (Wildman–Crippen LogP) is 1.02. The van der Waals surface area contributed by atoms with E-state index >= 15 is 0 Å². The van der Waals surface area contributed by atoms with Gasteiger partial charge in [-0.3, -0.25) is 0 Å². The molecule has 0 atom stereocenters. The molecule has 0 fully saturated rings. The quantitative estimate of drug-likeness (QED) is 0.781. The van der Waals surface area contributed by atoms with Gasteiger partial charge in [-0.15, -0.1) is 0 Å². The lowest BCUT2D eigenvalue weighted by molar-refractivity contribution is 0.830. The van der Waals surface area contributed by atoms with E-state index in [1.54, 1.807) is 12.3 Å². The minimum absolute atomic E-state index is 0.500. The van der Waals surface area contributed by atoms with Crippen LogP contribution in [0.3, 0.4) is 0 Å². The fourth-order valence-electron chi connectivity index (χ4n) is 1.35. The first-order chi connectivity index (χ1) is 7.25. The number of nitrogens with one attached hydrogen (secondary N) is 1. The molecule has 2 heterocycles. The normalized spacial score (nSPS) is 10.2. The van der Waals surface area contributed by atoms with Crippen molar-refractivity contribution < 1.29 is 0 Å². The Morgan fingerprint density at radius 2 is 2.33 bits per heavy atom. The zero-order chi connectivity index (χ0) is 10.7. The van der Waals surface area contributed by atoms with E-state index in [1.807, 2.05) is 30.3 Å². The molecular weight excluding hydrogens is 190 g/mol. The van der Waals surface area contributed by atoms with E-state index in [0.717, 1.165) is 5.82 Å². The van der Waals surface area contributed by atoms with Gasteiger partial charge in [0.15, 0.2) is 0 Å². The van der Waals surface area contributed by atoms with Gasteiger partial charge in [-0.05, 0) is 18.2 Å². The molecule has 0 aromatic carbocycles. The highest BCUT2D eigenvalue weighted by Crippen LogP contribution is 2.10. The van der Waals surface area contributed by atoms with Gasteiger partial charge in [0.05, 0.1) is 6.54 Å². The van der Waals surface area contributed by atoms with E-state index in [1.165, 1.54) is 0 Å².